The first-order valence-electron chi connectivity index (χ1n) is 13.7. The Bertz CT molecular complexity index is 1310. The Hall–Kier alpha value is -2.63. The largest absolute Gasteiger partial charge is 0.436 e. The molecule has 2 unspecified atom stereocenters. The predicted molar refractivity (Wildman–Crippen MR) is 148 cm³/mol. The van der Waals surface area contributed by atoms with Crippen LogP contribution < -0.4 is 10.6 Å². The Balaban J connectivity index is 1.63. The van der Waals surface area contributed by atoms with Crippen LogP contribution in [0.4, 0.5) is 31.3 Å². The van der Waals surface area contributed by atoms with Crippen LogP contribution in [0.5, 0.6) is 0 Å². The van der Waals surface area contributed by atoms with Crippen LogP contribution in [0.25, 0.3) is 0 Å². The van der Waals surface area contributed by atoms with Crippen LogP contribution in [0, 0.1) is 16.9 Å². The minimum atomic E-state index is -4.94. The zero-order chi connectivity index (χ0) is 30.0. The van der Waals surface area contributed by atoms with Gasteiger partial charge < -0.3 is 15.7 Å². The summed E-state index contributed by atoms with van der Waals surface area (Å²) in [6.45, 7) is 6.34. The minimum absolute atomic E-state index is 0.0299. The van der Waals surface area contributed by atoms with E-state index in [4.69, 9.17) is 0 Å². The lowest BCUT2D eigenvalue weighted by molar-refractivity contribution is -0.140. The van der Waals surface area contributed by atoms with E-state index in [9.17, 15) is 31.4 Å². The van der Waals surface area contributed by atoms with Crippen molar-refractivity contribution in [1.29, 1.82) is 0 Å². The second-order valence-electron chi connectivity index (χ2n) is 11.8. The summed E-state index contributed by atoms with van der Waals surface area (Å²) in [6, 6.07) is 9.91. The smallest absolute Gasteiger partial charge is 0.390 e. The van der Waals surface area contributed by atoms with Crippen molar-refractivity contribution in [3.05, 3.63) is 81.7 Å². The third kappa shape index (κ3) is 7.81. The van der Waals surface area contributed by atoms with Crippen LogP contribution in [0.1, 0.15) is 75.3 Å². The third-order valence-electron chi connectivity index (χ3n) is 7.67. The Morgan fingerprint density at radius 3 is 2.24 bits per heavy atom. The summed E-state index contributed by atoms with van der Waals surface area (Å²) in [5.41, 5.74) is 0.352. The molecule has 2 aromatic carbocycles. The molecule has 0 amide bonds. The van der Waals surface area contributed by atoms with Crippen LogP contribution in [0.15, 0.2) is 42.5 Å². The summed E-state index contributed by atoms with van der Waals surface area (Å²) in [5.74, 6) is -1.71. The standard InChI is InChI=1S/C30H35F6N3OS/c1-28(2,3)19-8-7-9-20(15-19)29(10-5-4-6-11-29)37-17-24(40)23(14-18-12-21(31)16-22(32)13-18)38-26-25(30(34,35)36)39-27(33)41-26/h7-9,12-13,15-16,23-24,37-38,40H,4-6,10-11,14,17H2,1-3H3. The molecule has 4 rings (SSSR count). The number of nitrogens with one attached hydrogen (secondary N) is 2. The molecule has 0 spiro atoms. The van der Waals surface area contributed by atoms with Gasteiger partial charge >= 0.3 is 6.18 Å². The van der Waals surface area contributed by atoms with E-state index in [2.05, 4.69) is 48.5 Å². The molecule has 3 N–H and O–H groups in total. The summed E-state index contributed by atoms with van der Waals surface area (Å²) < 4.78 is 82.4. The molecule has 3 aromatic rings. The number of benzene rings is 2. The van der Waals surface area contributed by atoms with E-state index in [1.807, 2.05) is 12.1 Å². The number of thiazole rings is 1. The number of hydrogen-bond acceptors (Lipinski definition) is 5. The summed E-state index contributed by atoms with van der Waals surface area (Å²) in [7, 11) is 0. The fourth-order valence-electron chi connectivity index (χ4n) is 5.47. The first kappa shape index (κ1) is 31.3. The van der Waals surface area contributed by atoms with Crippen LogP contribution in [0.3, 0.4) is 0 Å². The maximum atomic E-state index is 13.9. The van der Waals surface area contributed by atoms with Crippen molar-refractivity contribution in [2.45, 2.75) is 88.6 Å². The number of halogens is 6. The van der Waals surface area contributed by atoms with Crippen LogP contribution in [-0.2, 0) is 23.6 Å². The van der Waals surface area contributed by atoms with E-state index in [1.54, 1.807) is 0 Å². The molecular weight excluding hydrogens is 564 g/mol. The van der Waals surface area contributed by atoms with E-state index in [-0.39, 0.29) is 35.3 Å². The normalized spacial score (nSPS) is 17.3. The number of aliphatic hydroxyl groups is 1. The highest BCUT2D eigenvalue weighted by atomic mass is 32.1. The zero-order valence-electron chi connectivity index (χ0n) is 23.2. The van der Waals surface area contributed by atoms with Crippen LogP contribution in [0.2, 0.25) is 0 Å². The Morgan fingerprint density at radius 2 is 1.63 bits per heavy atom. The highest BCUT2D eigenvalue weighted by Gasteiger charge is 2.40. The summed E-state index contributed by atoms with van der Waals surface area (Å²) in [6.07, 6.45) is -1.87. The molecule has 1 aromatic heterocycles. The van der Waals surface area contributed by atoms with E-state index in [0.717, 1.165) is 55.4 Å². The summed E-state index contributed by atoms with van der Waals surface area (Å²) >= 11 is 0.161. The fraction of sp³-hybridized carbons (Fsp3) is 0.500. The minimum Gasteiger partial charge on any atom is -0.390 e. The number of aromatic nitrogens is 1. The Morgan fingerprint density at radius 1 is 0.976 bits per heavy atom. The van der Waals surface area contributed by atoms with Crippen molar-refractivity contribution >= 4 is 16.3 Å². The molecule has 11 heteroatoms. The molecule has 0 radical (unpaired) electrons. The van der Waals surface area contributed by atoms with Gasteiger partial charge in [-0.1, -0.05) is 75.6 Å². The molecule has 0 bridgehead atoms. The van der Waals surface area contributed by atoms with Crippen molar-refractivity contribution in [2.75, 3.05) is 11.9 Å². The lowest BCUT2D eigenvalue weighted by Crippen LogP contribution is -2.51. The van der Waals surface area contributed by atoms with E-state index in [1.165, 1.54) is 0 Å². The van der Waals surface area contributed by atoms with Crippen molar-refractivity contribution in [3.63, 3.8) is 0 Å². The number of nitrogens with zero attached hydrogens (tertiary/aromatic N) is 1. The first-order valence-corrected chi connectivity index (χ1v) is 14.5. The molecule has 1 aliphatic rings. The van der Waals surface area contributed by atoms with Gasteiger partial charge in [-0.2, -0.15) is 17.6 Å². The quantitative estimate of drug-likeness (QED) is 0.221. The molecule has 2 atom stereocenters. The number of alkyl halides is 3. The summed E-state index contributed by atoms with van der Waals surface area (Å²) in [5, 5.41) is 15.5. The van der Waals surface area contributed by atoms with Gasteiger partial charge in [-0.25, -0.2) is 13.8 Å². The van der Waals surface area contributed by atoms with Gasteiger partial charge in [0.05, 0.1) is 12.1 Å². The van der Waals surface area contributed by atoms with Gasteiger partial charge in [0.25, 0.3) is 5.26 Å². The van der Waals surface area contributed by atoms with Crippen molar-refractivity contribution in [3.8, 4) is 0 Å². The molecule has 224 valence electrons. The Labute approximate surface area is 240 Å². The third-order valence-corrected chi connectivity index (χ3v) is 8.44. The molecule has 0 saturated heterocycles. The maximum absolute atomic E-state index is 13.9. The van der Waals surface area contributed by atoms with Gasteiger partial charge in [-0.15, -0.1) is 0 Å². The molecule has 0 aliphatic heterocycles. The zero-order valence-corrected chi connectivity index (χ0v) is 24.0. The molecule has 1 fully saturated rings. The van der Waals surface area contributed by atoms with Gasteiger partial charge in [0.2, 0.25) is 0 Å². The van der Waals surface area contributed by atoms with Crippen LogP contribution in [-0.4, -0.2) is 28.8 Å². The van der Waals surface area contributed by atoms with Crippen molar-refractivity contribution < 1.29 is 31.4 Å². The van der Waals surface area contributed by atoms with Gasteiger partial charge in [0, 0.05) is 18.2 Å². The average molecular weight is 600 g/mol. The highest BCUT2D eigenvalue weighted by Crippen LogP contribution is 2.40. The van der Waals surface area contributed by atoms with E-state index < -0.39 is 51.5 Å². The first-order chi connectivity index (χ1) is 19.2. The van der Waals surface area contributed by atoms with Crippen LogP contribution >= 0.6 is 11.3 Å². The Kier molecular flexibility index (Phi) is 9.40. The topological polar surface area (TPSA) is 57.2 Å². The van der Waals surface area contributed by atoms with Crippen molar-refractivity contribution in [2.24, 2.45) is 0 Å². The number of aliphatic hydroxyl groups excluding tert-OH is 1. The molecule has 41 heavy (non-hydrogen) atoms. The molecule has 4 nitrogen and oxygen atoms in total. The van der Waals surface area contributed by atoms with Gasteiger partial charge in [0.15, 0.2) is 5.69 Å². The summed E-state index contributed by atoms with van der Waals surface area (Å²) in [4.78, 5) is 2.97. The van der Waals surface area contributed by atoms with E-state index in [0.29, 0.717) is 6.07 Å². The lowest BCUT2D eigenvalue weighted by atomic mass is 9.74. The molecule has 1 saturated carbocycles. The monoisotopic (exact) mass is 599 g/mol. The molecular formula is C30H35F6N3OS. The molecule has 1 aliphatic carbocycles. The average Bonchev–Trinajstić information content (AvgIpc) is 3.27. The van der Waals surface area contributed by atoms with Gasteiger partial charge in [-0.3, -0.25) is 0 Å². The van der Waals surface area contributed by atoms with Crippen molar-refractivity contribution in [1.82, 2.24) is 10.3 Å². The van der Waals surface area contributed by atoms with Gasteiger partial charge in [0.1, 0.15) is 16.6 Å². The maximum Gasteiger partial charge on any atom is 0.436 e. The van der Waals surface area contributed by atoms with E-state index >= 15 is 0 Å². The fourth-order valence-corrected chi connectivity index (χ4v) is 6.24. The second-order valence-corrected chi connectivity index (χ2v) is 12.7. The number of hydrogen-bond donors (Lipinski definition) is 3. The number of anilines is 1. The highest BCUT2D eigenvalue weighted by molar-refractivity contribution is 7.14. The predicted octanol–water partition coefficient (Wildman–Crippen LogP) is 7.71. The number of rotatable bonds is 9. The lowest BCUT2D eigenvalue weighted by Gasteiger charge is -2.41. The van der Waals surface area contributed by atoms with Gasteiger partial charge in [-0.05, 0) is 53.5 Å². The molecule has 1 heterocycles. The SMILES string of the molecule is CC(C)(C)c1cccc(C2(NCC(O)C(Cc3cc(F)cc(F)c3)Nc3sc(F)nc3C(F)(F)F)CCCCC2)c1. The second kappa shape index (κ2) is 12.3.